The predicted octanol–water partition coefficient (Wildman–Crippen LogP) is 4.14. The van der Waals surface area contributed by atoms with Crippen molar-refractivity contribution >= 4 is 33.0 Å². The van der Waals surface area contributed by atoms with Crippen molar-refractivity contribution in [3.63, 3.8) is 0 Å². The van der Waals surface area contributed by atoms with Crippen molar-refractivity contribution in [3.05, 3.63) is 76.5 Å². The number of nitrogens with zero attached hydrogens (tertiary/aromatic N) is 3. The lowest BCUT2D eigenvalue weighted by molar-refractivity contribution is -0.124. The average molecular weight is 598 g/mol. The lowest BCUT2D eigenvalue weighted by Crippen LogP contribution is -2.47. The maximum atomic E-state index is 12.5. The van der Waals surface area contributed by atoms with E-state index in [4.69, 9.17) is 10.3 Å². The normalized spacial score (nSPS) is 15.1. The Kier molecular flexibility index (Phi) is 11.9. The summed E-state index contributed by atoms with van der Waals surface area (Å²) in [6, 6.07) is 22.8. The summed E-state index contributed by atoms with van der Waals surface area (Å²) >= 11 is 1.63. The maximum Gasteiger partial charge on any atom is 0.261 e. The van der Waals surface area contributed by atoms with Crippen LogP contribution >= 0.6 is 11.3 Å². The highest BCUT2D eigenvalue weighted by atomic mass is 32.2. The zero-order chi connectivity index (χ0) is 30.0. The minimum Gasteiger partial charge on any atom is -0.369 e. The molecule has 1 aliphatic heterocycles. The van der Waals surface area contributed by atoms with Gasteiger partial charge in [0.2, 0.25) is 5.91 Å². The summed E-state index contributed by atoms with van der Waals surface area (Å²) in [5.74, 6) is -0.110. The Morgan fingerprint density at radius 1 is 1.10 bits per heavy atom. The van der Waals surface area contributed by atoms with Crippen molar-refractivity contribution in [2.24, 2.45) is 11.7 Å². The van der Waals surface area contributed by atoms with Crippen molar-refractivity contribution < 1.29 is 17.8 Å². The number of piperazine rings is 1. The minimum atomic E-state index is -3.67. The van der Waals surface area contributed by atoms with Crippen LogP contribution in [0.5, 0.6) is 0 Å². The van der Waals surface area contributed by atoms with E-state index in [1.165, 1.54) is 5.69 Å². The third-order valence-corrected chi connectivity index (χ3v) is 7.65. The van der Waals surface area contributed by atoms with E-state index in [-0.39, 0.29) is 24.4 Å². The number of primary amides is 1. The van der Waals surface area contributed by atoms with Crippen LogP contribution < -0.4 is 16.0 Å². The number of carbonyl (C=O) groups excluding carboxylic acids is 1. The minimum absolute atomic E-state index is 0.123. The molecule has 220 valence electrons. The van der Waals surface area contributed by atoms with Crippen LogP contribution in [0.2, 0.25) is 0 Å². The third kappa shape index (κ3) is 9.95. The second-order valence-electron chi connectivity index (χ2n) is 10.4. The number of thiophene rings is 1. The SMILES string of the molecule is CC(C)C[C@@H](C(N)=O)N(CC#N)[C@@H](c1ccc(-c2ccc(N3CCNCC3)cc2)cc1)c1cccs1.CS(=O)(=O)O. The molecule has 4 rings (SSSR count). The van der Waals surface area contributed by atoms with Gasteiger partial charge < -0.3 is 16.0 Å². The van der Waals surface area contributed by atoms with Gasteiger partial charge in [0.05, 0.1) is 31.0 Å². The van der Waals surface area contributed by atoms with E-state index in [9.17, 15) is 18.5 Å². The Balaban J connectivity index is 0.000000850. The standard InChI is InChI=1S/C29H35N5OS.CH4O3S/c1-21(2)20-26(29(31)35)34(16-13-30)28(27-4-3-19-36-27)24-7-5-22(6-8-24)23-9-11-25(12-10-23)33-17-14-32-15-18-33;1-5(2,3)4/h3-12,19,21,26,28,32H,14-18,20H2,1-2H3,(H2,31,35);1H3,(H,2,3,4)/t26-,28-;/m0./s1. The van der Waals surface area contributed by atoms with Crippen LogP contribution in [0.3, 0.4) is 0 Å². The van der Waals surface area contributed by atoms with E-state index in [1.807, 2.05) is 16.3 Å². The number of hydrogen-bond donors (Lipinski definition) is 3. The molecule has 9 nitrogen and oxygen atoms in total. The molecule has 1 aliphatic rings. The Labute approximate surface area is 247 Å². The smallest absolute Gasteiger partial charge is 0.261 e. The molecule has 2 heterocycles. The van der Waals surface area contributed by atoms with Crippen LogP contribution in [0, 0.1) is 17.2 Å². The lowest BCUT2D eigenvalue weighted by atomic mass is 9.95. The average Bonchev–Trinajstić information content (AvgIpc) is 3.46. The molecule has 2 aromatic carbocycles. The van der Waals surface area contributed by atoms with Crippen LogP contribution in [-0.2, 0) is 14.9 Å². The van der Waals surface area contributed by atoms with Crippen molar-refractivity contribution in [2.75, 3.05) is 43.9 Å². The van der Waals surface area contributed by atoms with Crippen LogP contribution in [0.25, 0.3) is 11.1 Å². The molecular formula is C30H39N5O4S2. The van der Waals surface area contributed by atoms with Crippen LogP contribution in [0.4, 0.5) is 5.69 Å². The molecule has 0 aliphatic carbocycles. The van der Waals surface area contributed by atoms with Crippen molar-refractivity contribution in [1.82, 2.24) is 10.2 Å². The van der Waals surface area contributed by atoms with E-state index >= 15 is 0 Å². The van der Waals surface area contributed by atoms with Gasteiger partial charge >= 0.3 is 0 Å². The maximum absolute atomic E-state index is 12.5. The van der Waals surface area contributed by atoms with Gasteiger partial charge in [-0.1, -0.05) is 56.3 Å². The Morgan fingerprint density at radius 2 is 1.66 bits per heavy atom. The van der Waals surface area contributed by atoms with Gasteiger partial charge in [-0.3, -0.25) is 14.2 Å². The monoisotopic (exact) mass is 597 g/mol. The number of hydrogen-bond acceptors (Lipinski definition) is 8. The zero-order valence-corrected chi connectivity index (χ0v) is 25.4. The molecule has 4 N–H and O–H groups in total. The topological polar surface area (TPSA) is 140 Å². The van der Waals surface area contributed by atoms with E-state index in [0.717, 1.165) is 47.7 Å². The third-order valence-electron chi connectivity index (χ3n) is 6.73. The van der Waals surface area contributed by atoms with Crippen molar-refractivity contribution in [3.8, 4) is 17.2 Å². The highest BCUT2D eigenvalue weighted by molar-refractivity contribution is 7.85. The van der Waals surface area contributed by atoms with Gasteiger partial charge in [0, 0.05) is 36.7 Å². The fourth-order valence-corrected chi connectivity index (χ4v) is 5.81. The number of rotatable bonds is 10. The molecule has 0 bridgehead atoms. The van der Waals surface area contributed by atoms with Crippen LogP contribution in [0.1, 0.15) is 36.8 Å². The van der Waals surface area contributed by atoms with Crippen LogP contribution in [-0.4, -0.2) is 68.8 Å². The van der Waals surface area contributed by atoms with E-state index in [0.29, 0.717) is 12.7 Å². The summed E-state index contributed by atoms with van der Waals surface area (Å²) in [5, 5.41) is 15.1. The first-order valence-electron chi connectivity index (χ1n) is 13.5. The van der Waals surface area contributed by atoms with Crippen LogP contribution in [0.15, 0.2) is 66.0 Å². The zero-order valence-electron chi connectivity index (χ0n) is 23.7. The van der Waals surface area contributed by atoms with E-state index in [2.05, 4.69) is 84.7 Å². The fraction of sp³-hybridized carbons (Fsp3) is 0.400. The summed E-state index contributed by atoms with van der Waals surface area (Å²) in [5.41, 5.74) is 10.5. The molecule has 41 heavy (non-hydrogen) atoms. The first-order valence-corrected chi connectivity index (χ1v) is 16.2. The Bertz CT molecular complexity index is 1370. The highest BCUT2D eigenvalue weighted by Crippen LogP contribution is 2.35. The number of carbonyl (C=O) groups is 1. The van der Waals surface area contributed by atoms with E-state index in [1.54, 1.807) is 11.3 Å². The highest BCUT2D eigenvalue weighted by Gasteiger charge is 2.33. The summed E-state index contributed by atoms with van der Waals surface area (Å²) in [7, 11) is -3.67. The number of anilines is 1. The van der Waals surface area contributed by atoms with Gasteiger partial charge in [-0.25, -0.2) is 0 Å². The fourth-order valence-electron chi connectivity index (χ4n) is 4.94. The summed E-state index contributed by atoms with van der Waals surface area (Å²) in [4.78, 5) is 18.0. The summed E-state index contributed by atoms with van der Waals surface area (Å²) in [6.07, 6.45) is 1.32. The molecule has 0 unspecified atom stereocenters. The molecule has 0 spiro atoms. The lowest BCUT2D eigenvalue weighted by Gasteiger charge is -2.35. The molecule has 2 atom stereocenters. The Morgan fingerprint density at radius 3 is 2.12 bits per heavy atom. The van der Waals surface area contributed by atoms with E-state index < -0.39 is 16.2 Å². The molecule has 1 saturated heterocycles. The largest absolute Gasteiger partial charge is 0.369 e. The van der Waals surface area contributed by atoms with Gasteiger partial charge in [0.25, 0.3) is 10.1 Å². The number of nitrogens with two attached hydrogens (primary N) is 1. The van der Waals surface area contributed by atoms with Gasteiger partial charge in [-0.05, 0) is 52.6 Å². The molecule has 11 heteroatoms. The molecule has 1 amide bonds. The van der Waals surface area contributed by atoms with Gasteiger partial charge in [0.15, 0.2) is 0 Å². The number of nitrogens with one attached hydrogen (secondary N) is 1. The van der Waals surface area contributed by atoms with Gasteiger partial charge in [-0.15, -0.1) is 11.3 Å². The first-order chi connectivity index (χ1) is 19.5. The number of amides is 1. The second kappa shape index (κ2) is 15.1. The summed E-state index contributed by atoms with van der Waals surface area (Å²) < 4.78 is 25.9. The van der Waals surface area contributed by atoms with Gasteiger partial charge in [0.1, 0.15) is 0 Å². The van der Waals surface area contributed by atoms with Crippen molar-refractivity contribution in [1.29, 1.82) is 5.26 Å². The molecular weight excluding hydrogens is 558 g/mol. The van der Waals surface area contributed by atoms with Gasteiger partial charge in [-0.2, -0.15) is 13.7 Å². The molecule has 0 saturated carbocycles. The molecule has 3 aromatic rings. The molecule has 1 fully saturated rings. The second-order valence-corrected chi connectivity index (χ2v) is 12.9. The predicted molar refractivity (Wildman–Crippen MR) is 165 cm³/mol. The summed E-state index contributed by atoms with van der Waals surface area (Å²) in [6.45, 7) is 8.36. The Hall–Kier alpha value is -3.27. The quantitative estimate of drug-likeness (QED) is 0.234. The van der Waals surface area contributed by atoms with Crippen molar-refractivity contribution in [2.45, 2.75) is 32.4 Å². The molecule has 0 radical (unpaired) electrons. The number of benzene rings is 2. The molecule has 1 aromatic heterocycles. The number of nitriles is 1. The first kappa shape index (κ1) is 32.2.